The number of nitrogens with one attached hydrogen (secondary N) is 2. The van der Waals surface area contributed by atoms with Crippen molar-refractivity contribution in [3.63, 3.8) is 0 Å². The molecule has 0 spiro atoms. The van der Waals surface area contributed by atoms with Gasteiger partial charge in [0.25, 0.3) is 0 Å². The average molecular weight is 479 g/mol. The zero-order valence-electron chi connectivity index (χ0n) is 18.7. The van der Waals surface area contributed by atoms with Gasteiger partial charge >= 0.3 is 0 Å². The third kappa shape index (κ3) is 6.46. The zero-order chi connectivity index (χ0) is 24.0. The Hall–Kier alpha value is -3.62. The number of carbonyl (C=O) groups excluding carboxylic acids is 1. The number of benzene rings is 3. The van der Waals surface area contributed by atoms with E-state index in [1.54, 1.807) is 48.5 Å². The summed E-state index contributed by atoms with van der Waals surface area (Å²) in [6.45, 7) is 2.51. The van der Waals surface area contributed by atoms with E-state index in [1.807, 2.05) is 25.1 Å². The Labute approximate surface area is 199 Å². The third-order valence-corrected chi connectivity index (χ3v) is 6.56. The third-order valence-electron chi connectivity index (χ3n) is 5.02. The van der Waals surface area contributed by atoms with Crippen molar-refractivity contribution >= 4 is 27.7 Å². The normalized spacial score (nSPS) is 13.6. The highest BCUT2D eigenvalue weighted by molar-refractivity contribution is 7.89. The molecule has 0 bridgehead atoms. The first-order valence-electron chi connectivity index (χ1n) is 11.0. The van der Waals surface area contributed by atoms with Crippen molar-refractivity contribution in [1.29, 1.82) is 0 Å². The molecule has 3 aromatic carbocycles. The number of amides is 1. The lowest BCUT2D eigenvalue weighted by atomic mass is 10.2. The molecule has 4 rings (SSSR count). The summed E-state index contributed by atoms with van der Waals surface area (Å²) in [5.41, 5.74) is 1.23. The number of hydrogen-bond donors (Lipinski definition) is 2. The van der Waals surface area contributed by atoms with Crippen molar-refractivity contribution in [1.82, 2.24) is 4.72 Å². The minimum Gasteiger partial charge on any atom is -0.494 e. The first-order valence-corrected chi connectivity index (χ1v) is 12.5. The van der Waals surface area contributed by atoms with Crippen molar-refractivity contribution < 1.29 is 22.7 Å². The minimum atomic E-state index is -3.50. The monoisotopic (exact) mass is 478 g/mol. The summed E-state index contributed by atoms with van der Waals surface area (Å²) >= 11 is 0. The van der Waals surface area contributed by atoms with Crippen molar-refractivity contribution in [2.75, 3.05) is 11.9 Å². The van der Waals surface area contributed by atoms with Crippen molar-refractivity contribution in [2.45, 2.75) is 30.7 Å². The van der Waals surface area contributed by atoms with E-state index in [9.17, 15) is 13.2 Å². The first-order chi connectivity index (χ1) is 16.4. The van der Waals surface area contributed by atoms with Crippen LogP contribution < -0.4 is 19.5 Å². The predicted molar refractivity (Wildman–Crippen MR) is 132 cm³/mol. The van der Waals surface area contributed by atoms with E-state index < -0.39 is 10.0 Å². The summed E-state index contributed by atoms with van der Waals surface area (Å²) in [5, 5.41) is 2.82. The Morgan fingerprint density at radius 2 is 1.65 bits per heavy atom. The van der Waals surface area contributed by atoms with E-state index in [0.717, 1.165) is 18.6 Å². The Morgan fingerprint density at radius 3 is 2.32 bits per heavy atom. The van der Waals surface area contributed by atoms with Gasteiger partial charge < -0.3 is 14.8 Å². The van der Waals surface area contributed by atoms with Gasteiger partial charge in [0.1, 0.15) is 11.5 Å². The molecule has 34 heavy (non-hydrogen) atoms. The SMILES string of the molecule is CCOc1ccc(Oc2ccccc2NC(=O)/C=C/c2ccc(S(=O)(=O)NC3CC3)cc2)cc1. The van der Waals surface area contributed by atoms with E-state index >= 15 is 0 Å². The maximum absolute atomic E-state index is 12.5. The number of para-hydroxylation sites is 2. The van der Waals surface area contributed by atoms with Crippen LogP contribution in [0.1, 0.15) is 25.3 Å². The Morgan fingerprint density at radius 1 is 0.971 bits per heavy atom. The predicted octanol–water partition coefficient (Wildman–Crippen LogP) is 4.97. The van der Waals surface area contributed by atoms with E-state index in [0.29, 0.717) is 29.4 Å². The van der Waals surface area contributed by atoms with Crippen LogP contribution in [0.5, 0.6) is 17.2 Å². The molecule has 0 saturated heterocycles. The molecular weight excluding hydrogens is 452 g/mol. The number of ether oxygens (including phenoxy) is 2. The second-order valence-corrected chi connectivity index (χ2v) is 9.50. The number of hydrogen-bond acceptors (Lipinski definition) is 5. The maximum atomic E-state index is 12.5. The summed E-state index contributed by atoms with van der Waals surface area (Å²) in [6.07, 6.45) is 4.77. The number of sulfonamides is 1. The molecule has 1 saturated carbocycles. The molecule has 0 aliphatic heterocycles. The zero-order valence-corrected chi connectivity index (χ0v) is 19.5. The fourth-order valence-corrected chi connectivity index (χ4v) is 4.45. The lowest BCUT2D eigenvalue weighted by Crippen LogP contribution is -2.25. The van der Waals surface area contributed by atoms with E-state index in [4.69, 9.17) is 9.47 Å². The van der Waals surface area contributed by atoms with Gasteiger partial charge in [0.15, 0.2) is 5.75 Å². The van der Waals surface area contributed by atoms with Gasteiger partial charge in [-0.25, -0.2) is 13.1 Å². The Kier molecular flexibility index (Phi) is 7.30. The first kappa shape index (κ1) is 23.5. The van der Waals surface area contributed by atoms with Gasteiger partial charge in [-0.3, -0.25) is 4.79 Å². The summed E-state index contributed by atoms with van der Waals surface area (Å²) in [6, 6.07) is 20.8. The van der Waals surface area contributed by atoms with Crippen LogP contribution in [-0.2, 0) is 14.8 Å². The van der Waals surface area contributed by atoms with Gasteiger partial charge in [-0.15, -0.1) is 0 Å². The molecule has 0 radical (unpaired) electrons. The topological polar surface area (TPSA) is 93.7 Å². The standard InChI is InChI=1S/C26H26N2O5S/c1-2-32-21-12-14-22(15-13-21)33-25-6-4-3-5-24(25)27-26(29)18-9-19-7-16-23(17-8-19)34(30,31)28-20-10-11-20/h3-9,12-18,20,28H,2,10-11H2,1H3,(H,27,29)/b18-9+. The lowest BCUT2D eigenvalue weighted by Gasteiger charge is -2.12. The van der Waals surface area contributed by atoms with Crippen LogP contribution in [0.25, 0.3) is 6.08 Å². The van der Waals surface area contributed by atoms with Crippen molar-refractivity contribution in [3.05, 3.63) is 84.4 Å². The number of carbonyl (C=O) groups is 1. The molecule has 3 aromatic rings. The van der Waals surface area contributed by atoms with Crippen molar-refractivity contribution in [2.24, 2.45) is 0 Å². The summed E-state index contributed by atoms with van der Waals surface area (Å²) in [4.78, 5) is 12.7. The van der Waals surface area contributed by atoms with Crippen LogP contribution >= 0.6 is 0 Å². The Balaban J connectivity index is 1.38. The highest BCUT2D eigenvalue weighted by atomic mass is 32.2. The highest BCUT2D eigenvalue weighted by Gasteiger charge is 2.27. The molecule has 0 aromatic heterocycles. The fourth-order valence-electron chi connectivity index (χ4n) is 3.15. The molecule has 0 atom stereocenters. The summed E-state index contributed by atoms with van der Waals surface area (Å²) < 4.78 is 38.5. The van der Waals surface area contributed by atoms with Gasteiger partial charge in [0.05, 0.1) is 17.2 Å². The summed E-state index contributed by atoms with van der Waals surface area (Å²) in [5.74, 6) is 1.54. The van der Waals surface area contributed by atoms with E-state index in [-0.39, 0.29) is 16.8 Å². The second kappa shape index (κ2) is 10.5. The fraction of sp³-hybridized carbons (Fsp3) is 0.192. The van der Waals surface area contributed by atoms with E-state index in [2.05, 4.69) is 10.0 Å². The average Bonchev–Trinajstić information content (AvgIpc) is 3.64. The minimum absolute atomic E-state index is 0.0505. The number of anilines is 1. The van der Waals surface area contributed by atoms with Crippen molar-refractivity contribution in [3.8, 4) is 17.2 Å². The van der Waals surface area contributed by atoms with Gasteiger partial charge in [-0.2, -0.15) is 0 Å². The molecule has 2 N–H and O–H groups in total. The largest absolute Gasteiger partial charge is 0.494 e. The highest BCUT2D eigenvalue weighted by Crippen LogP contribution is 2.30. The quantitative estimate of drug-likeness (QED) is 0.401. The Bertz CT molecular complexity index is 1270. The summed E-state index contributed by atoms with van der Waals surface area (Å²) in [7, 11) is -3.50. The van der Waals surface area contributed by atoms with Crippen LogP contribution in [0.3, 0.4) is 0 Å². The van der Waals surface area contributed by atoms with Crippen LogP contribution in [0, 0.1) is 0 Å². The molecule has 7 nitrogen and oxygen atoms in total. The molecule has 1 aliphatic rings. The molecule has 1 amide bonds. The van der Waals surface area contributed by atoms with E-state index in [1.165, 1.54) is 18.2 Å². The van der Waals surface area contributed by atoms with Crippen LogP contribution in [-0.4, -0.2) is 27.0 Å². The van der Waals surface area contributed by atoms with Crippen LogP contribution in [0.15, 0.2) is 83.8 Å². The second-order valence-electron chi connectivity index (χ2n) is 7.79. The van der Waals surface area contributed by atoms with Gasteiger partial charge in [0, 0.05) is 12.1 Å². The molecule has 8 heteroatoms. The molecule has 1 fully saturated rings. The number of rotatable bonds is 10. The molecule has 176 valence electrons. The molecule has 0 unspecified atom stereocenters. The van der Waals surface area contributed by atoms with Gasteiger partial charge in [-0.1, -0.05) is 24.3 Å². The molecular formula is C26H26N2O5S. The smallest absolute Gasteiger partial charge is 0.248 e. The van der Waals surface area contributed by atoms with Crippen LogP contribution in [0.2, 0.25) is 0 Å². The lowest BCUT2D eigenvalue weighted by molar-refractivity contribution is -0.111. The van der Waals surface area contributed by atoms with Gasteiger partial charge in [-0.05, 0) is 79.9 Å². The van der Waals surface area contributed by atoms with Gasteiger partial charge in [0.2, 0.25) is 15.9 Å². The maximum Gasteiger partial charge on any atom is 0.248 e. The van der Waals surface area contributed by atoms with Crippen LogP contribution in [0.4, 0.5) is 5.69 Å². The molecule has 1 aliphatic carbocycles. The molecule has 0 heterocycles.